The molecule has 0 aliphatic carbocycles. The van der Waals surface area contributed by atoms with Crippen LogP contribution in [0, 0.1) is 0 Å². The van der Waals surface area contributed by atoms with Crippen molar-refractivity contribution < 1.29 is 14.3 Å². The molecule has 0 fully saturated rings. The Morgan fingerprint density at radius 2 is 2.25 bits per heavy atom. The second-order valence-electron chi connectivity index (χ2n) is 3.19. The maximum atomic E-state index is 11.6. The normalized spacial score (nSPS) is 9.88. The van der Waals surface area contributed by atoms with Gasteiger partial charge in [0.25, 0.3) is 0 Å². The van der Waals surface area contributed by atoms with E-state index in [1.807, 2.05) is 6.07 Å². The lowest BCUT2D eigenvalue weighted by Crippen LogP contribution is -2.08. The van der Waals surface area contributed by atoms with Crippen molar-refractivity contribution >= 4 is 28.2 Å². The molecule has 0 bridgehead atoms. The molecule has 1 rings (SSSR count). The summed E-state index contributed by atoms with van der Waals surface area (Å²) in [6, 6.07) is 5.34. The van der Waals surface area contributed by atoms with Gasteiger partial charge in [0, 0.05) is 10.9 Å². The molecule has 0 spiro atoms. The third-order valence-electron chi connectivity index (χ3n) is 2.13. The summed E-state index contributed by atoms with van der Waals surface area (Å²) in [6.07, 6.45) is 1.78. The zero-order valence-corrected chi connectivity index (χ0v) is 10.6. The molecule has 0 unspecified atom stereocenters. The molecule has 1 aromatic carbocycles. The second-order valence-corrected chi connectivity index (χ2v) is 4.05. The molecular weight excluding hydrogens is 272 g/mol. The molecule has 0 saturated heterocycles. The second kappa shape index (κ2) is 6.43. The first-order valence-corrected chi connectivity index (χ1v) is 5.88. The van der Waals surface area contributed by atoms with E-state index in [1.54, 1.807) is 19.1 Å². The number of carbonyl (C=O) groups excluding carboxylic acids is 2. The largest absolute Gasteiger partial charge is 0.462 e. The van der Waals surface area contributed by atoms with Gasteiger partial charge < -0.3 is 9.53 Å². The third kappa shape index (κ3) is 3.17. The van der Waals surface area contributed by atoms with Gasteiger partial charge >= 0.3 is 5.97 Å². The highest BCUT2D eigenvalue weighted by atomic mass is 79.9. The number of hydrogen-bond acceptors (Lipinski definition) is 3. The highest BCUT2D eigenvalue weighted by Crippen LogP contribution is 2.22. The Labute approximate surface area is 103 Å². The Morgan fingerprint density at radius 3 is 2.88 bits per heavy atom. The molecule has 0 radical (unpaired) electrons. The van der Waals surface area contributed by atoms with Crippen molar-refractivity contribution in [1.29, 1.82) is 0 Å². The topological polar surface area (TPSA) is 43.4 Å². The lowest BCUT2D eigenvalue weighted by Gasteiger charge is -2.09. The fraction of sp³-hybridized carbons (Fsp3) is 0.333. The third-order valence-corrected chi connectivity index (χ3v) is 2.87. The zero-order valence-electron chi connectivity index (χ0n) is 9.03. The molecule has 16 heavy (non-hydrogen) atoms. The van der Waals surface area contributed by atoms with E-state index in [9.17, 15) is 9.59 Å². The summed E-state index contributed by atoms with van der Waals surface area (Å²) in [7, 11) is 0. The van der Waals surface area contributed by atoms with Crippen molar-refractivity contribution in [2.75, 3.05) is 6.61 Å². The standard InChI is InChI=1S/C12H13BrO3/c1-2-16-12(15)10-5-3-7-11(13)9(10)6-4-8-14/h3,5,7-8H,2,4,6H2,1H3. The minimum Gasteiger partial charge on any atom is -0.462 e. The average molecular weight is 285 g/mol. The van der Waals surface area contributed by atoms with Crippen molar-refractivity contribution in [1.82, 2.24) is 0 Å². The molecule has 4 heteroatoms. The maximum absolute atomic E-state index is 11.6. The Balaban J connectivity index is 3.01. The number of esters is 1. The van der Waals surface area contributed by atoms with Crippen LogP contribution < -0.4 is 0 Å². The molecule has 86 valence electrons. The molecule has 3 nitrogen and oxygen atoms in total. The number of ether oxygens (including phenoxy) is 1. The highest BCUT2D eigenvalue weighted by molar-refractivity contribution is 9.10. The van der Waals surface area contributed by atoms with Gasteiger partial charge in [-0.25, -0.2) is 4.79 Å². The minimum atomic E-state index is -0.343. The quantitative estimate of drug-likeness (QED) is 0.617. The lowest BCUT2D eigenvalue weighted by atomic mass is 10.0. The van der Waals surface area contributed by atoms with Gasteiger partial charge in [-0.05, 0) is 31.0 Å². The van der Waals surface area contributed by atoms with Gasteiger partial charge in [0.15, 0.2) is 0 Å². The number of benzene rings is 1. The first kappa shape index (κ1) is 12.9. The molecule has 0 N–H and O–H groups in total. The first-order valence-electron chi connectivity index (χ1n) is 5.08. The lowest BCUT2D eigenvalue weighted by molar-refractivity contribution is -0.107. The summed E-state index contributed by atoms with van der Waals surface area (Å²) in [4.78, 5) is 22.0. The Morgan fingerprint density at radius 1 is 1.50 bits per heavy atom. The number of hydrogen-bond donors (Lipinski definition) is 0. The van der Waals surface area contributed by atoms with E-state index in [-0.39, 0.29) is 5.97 Å². The Kier molecular flexibility index (Phi) is 5.19. The van der Waals surface area contributed by atoms with Crippen LogP contribution in [0.4, 0.5) is 0 Å². The highest BCUT2D eigenvalue weighted by Gasteiger charge is 2.14. The van der Waals surface area contributed by atoms with Gasteiger partial charge in [-0.3, -0.25) is 0 Å². The molecule has 0 aliphatic rings. The van der Waals surface area contributed by atoms with Gasteiger partial charge in [-0.1, -0.05) is 22.0 Å². The number of halogens is 1. The van der Waals surface area contributed by atoms with Crippen LogP contribution in [-0.4, -0.2) is 18.9 Å². The van der Waals surface area contributed by atoms with E-state index < -0.39 is 0 Å². The Hall–Kier alpha value is -1.16. The van der Waals surface area contributed by atoms with Crippen LogP contribution in [0.3, 0.4) is 0 Å². The van der Waals surface area contributed by atoms with E-state index in [2.05, 4.69) is 15.9 Å². The molecule has 0 heterocycles. The van der Waals surface area contributed by atoms with E-state index in [0.29, 0.717) is 25.0 Å². The smallest absolute Gasteiger partial charge is 0.338 e. The Bertz CT molecular complexity index is 388. The van der Waals surface area contributed by atoms with E-state index in [4.69, 9.17) is 4.74 Å². The summed E-state index contributed by atoms with van der Waals surface area (Å²) in [5.74, 6) is -0.343. The average Bonchev–Trinajstić information content (AvgIpc) is 2.27. The summed E-state index contributed by atoms with van der Waals surface area (Å²) >= 11 is 3.37. The van der Waals surface area contributed by atoms with Crippen LogP contribution in [0.1, 0.15) is 29.3 Å². The van der Waals surface area contributed by atoms with Crippen LogP contribution in [0.5, 0.6) is 0 Å². The fourth-order valence-corrected chi connectivity index (χ4v) is 1.98. The molecule has 0 amide bonds. The van der Waals surface area contributed by atoms with Gasteiger partial charge in [0.05, 0.1) is 12.2 Å². The predicted molar refractivity (Wildman–Crippen MR) is 64.5 cm³/mol. The molecular formula is C12H13BrO3. The predicted octanol–water partition coefficient (Wildman–Crippen LogP) is 2.76. The van der Waals surface area contributed by atoms with Gasteiger partial charge in [0.2, 0.25) is 0 Å². The maximum Gasteiger partial charge on any atom is 0.338 e. The first-order chi connectivity index (χ1) is 7.70. The number of aldehydes is 1. The number of carbonyl (C=O) groups is 2. The van der Waals surface area contributed by atoms with E-state index in [1.165, 1.54) is 0 Å². The van der Waals surface area contributed by atoms with Crippen molar-refractivity contribution in [2.24, 2.45) is 0 Å². The van der Waals surface area contributed by atoms with Crippen molar-refractivity contribution in [2.45, 2.75) is 19.8 Å². The molecule has 0 aromatic heterocycles. The van der Waals surface area contributed by atoms with Crippen LogP contribution in [0.2, 0.25) is 0 Å². The summed E-state index contributed by atoms with van der Waals surface area (Å²) in [6.45, 7) is 2.11. The van der Waals surface area contributed by atoms with Crippen LogP contribution in [0.15, 0.2) is 22.7 Å². The number of rotatable bonds is 5. The van der Waals surface area contributed by atoms with E-state index in [0.717, 1.165) is 16.3 Å². The van der Waals surface area contributed by atoms with Gasteiger partial charge in [0.1, 0.15) is 6.29 Å². The van der Waals surface area contributed by atoms with Crippen molar-refractivity contribution in [3.63, 3.8) is 0 Å². The van der Waals surface area contributed by atoms with Crippen molar-refractivity contribution in [3.05, 3.63) is 33.8 Å². The minimum absolute atomic E-state index is 0.343. The molecule has 1 aromatic rings. The van der Waals surface area contributed by atoms with Crippen LogP contribution in [0.25, 0.3) is 0 Å². The molecule has 0 saturated carbocycles. The zero-order chi connectivity index (χ0) is 12.0. The van der Waals surface area contributed by atoms with Crippen LogP contribution >= 0.6 is 15.9 Å². The molecule has 0 aliphatic heterocycles. The van der Waals surface area contributed by atoms with E-state index >= 15 is 0 Å². The fourth-order valence-electron chi connectivity index (χ4n) is 1.42. The monoisotopic (exact) mass is 284 g/mol. The SMILES string of the molecule is CCOC(=O)c1cccc(Br)c1CCC=O. The summed E-state index contributed by atoms with van der Waals surface area (Å²) < 4.78 is 5.79. The van der Waals surface area contributed by atoms with Gasteiger partial charge in [-0.2, -0.15) is 0 Å². The van der Waals surface area contributed by atoms with Crippen LogP contribution in [-0.2, 0) is 16.0 Å². The van der Waals surface area contributed by atoms with Gasteiger partial charge in [-0.15, -0.1) is 0 Å². The summed E-state index contributed by atoms with van der Waals surface area (Å²) in [5.41, 5.74) is 1.35. The molecule has 0 atom stereocenters. The summed E-state index contributed by atoms with van der Waals surface area (Å²) in [5, 5.41) is 0. The van der Waals surface area contributed by atoms with Crippen molar-refractivity contribution in [3.8, 4) is 0 Å².